The van der Waals surface area contributed by atoms with E-state index in [0.29, 0.717) is 16.8 Å². The van der Waals surface area contributed by atoms with Crippen molar-refractivity contribution in [3.63, 3.8) is 0 Å². The first-order valence-corrected chi connectivity index (χ1v) is 14.6. The third-order valence-corrected chi connectivity index (χ3v) is 8.97. The Balaban J connectivity index is 1.22. The summed E-state index contributed by atoms with van der Waals surface area (Å²) in [5.41, 5.74) is 4.59. The molecule has 0 bridgehead atoms. The van der Waals surface area contributed by atoms with Crippen LogP contribution in [0.2, 0.25) is 0 Å². The zero-order valence-corrected chi connectivity index (χ0v) is 23.2. The SMILES string of the molecule is O=C(NN1C(=O)CC(=O)N(C2CCCCC2)C1=S)c1ccc(N2C(=O)c3ccccc3NC23CCCCC3)cc1. The van der Waals surface area contributed by atoms with E-state index in [1.165, 1.54) is 4.90 Å². The first-order chi connectivity index (χ1) is 19.4. The third-order valence-electron chi connectivity index (χ3n) is 8.60. The van der Waals surface area contributed by atoms with E-state index in [-0.39, 0.29) is 29.4 Å². The molecule has 0 radical (unpaired) electrons. The highest BCUT2D eigenvalue weighted by Crippen LogP contribution is 2.43. The van der Waals surface area contributed by atoms with E-state index >= 15 is 0 Å². The molecule has 2 saturated carbocycles. The summed E-state index contributed by atoms with van der Waals surface area (Å²) in [7, 11) is 0. The topological polar surface area (TPSA) is 102 Å². The molecule has 1 saturated heterocycles. The lowest BCUT2D eigenvalue weighted by molar-refractivity contribution is -0.143. The van der Waals surface area contributed by atoms with E-state index in [0.717, 1.165) is 74.9 Å². The normalized spacial score (nSPS) is 21.4. The molecule has 0 atom stereocenters. The number of anilines is 2. The van der Waals surface area contributed by atoms with Crippen LogP contribution in [0.1, 0.15) is 91.3 Å². The zero-order chi connectivity index (χ0) is 27.9. The molecule has 2 aliphatic heterocycles. The fourth-order valence-electron chi connectivity index (χ4n) is 6.60. The molecule has 2 N–H and O–H groups in total. The molecule has 0 aromatic heterocycles. The van der Waals surface area contributed by atoms with E-state index in [9.17, 15) is 19.2 Å². The Morgan fingerprint density at radius 1 is 0.875 bits per heavy atom. The molecule has 2 aromatic carbocycles. The fourth-order valence-corrected chi connectivity index (χ4v) is 7.00. The van der Waals surface area contributed by atoms with Gasteiger partial charge in [-0.1, -0.05) is 37.8 Å². The molecule has 4 amide bonds. The van der Waals surface area contributed by atoms with Gasteiger partial charge in [0, 0.05) is 23.0 Å². The van der Waals surface area contributed by atoms with Gasteiger partial charge in [-0.15, -0.1) is 0 Å². The molecular formula is C30H33N5O4S. The van der Waals surface area contributed by atoms with Gasteiger partial charge in [0.05, 0.1) is 5.56 Å². The van der Waals surface area contributed by atoms with Crippen LogP contribution in [0.3, 0.4) is 0 Å². The minimum atomic E-state index is -0.546. The van der Waals surface area contributed by atoms with Crippen molar-refractivity contribution in [1.82, 2.24) is 15.3 Å². The molecule has 2 heterocycles. The van der Waals surface area contributed by atoms with E-state index in [2.05, 4.69) is 10.7 Å². The number of carbonyl (C=O) groups excluding carboxylic acids is 4. The lowest BCUT2D eigenvalue weighted by atomic mass is 9.84. The molecule has 1 spiro atoms. The number of nitrogens with zero attached hydrogens (tertiary/aromatic N) is 3. The van der Waals surface area contributed by atoms with Gasteiger partial charge in [-0.3, -0.25) is 34.4 Å². The lowest BCUT2D eigenvalue weighted by Crippen LogP contribution is -2.63. The maximum absolute atomic E-state index is 13.7. The summed E-state index contributed by atoms with van der Waals surface area (Å²) in [6, 6.07) is 14.4. The summed E-state index contributed by atoms with van der Waals surface area (Å²) < 4.78 is 0. The standard InChI is InChI=1S/C30H33N5O4S/c36-25-19-26(37)35(29(40)33(25)21-9-3-1-4-10-21)32-27(38)20-13-15-22(16-14-20)34-28(39)23-11-5-6-12-24(23)31-30(34)17-7-2-8-18-30/h5-6,11-16,21,31H,1-4,7-10,17-19H2,(H,32,38). The van der Waals surface area contributed by atoms with Crippen molar-refractivity contribution >= 4 is 52.3 Å². The monoisotopic (exact) mass is 559 g/mol. The summed E-state index contributed by atoms with van der Waals surface area (Å²) in [6.45, 7) is 0. The van der Waals surface area contributed by atoms with Crippen molar-refractivity contribution in [2.75, 3.05) is 10.2 Å². The van der Waals surface area contributed by atoms with Gasteiger partial charge in [0.15, 0.2) is 0 Å². The summed E-state index contributed by atoms with van der Waals surface area (Å²) in [4.78, 5) is 55.7. The Morgan fingerprint density at radius 3 is 2.27 bits per heavy atom. The number of amides is 4. The minimum absolute atomic E-state index is 0.0287. The number of benzene rings is 2. The maximum atomic E-state index is 13.7. The van der Waals surface area contributed by atoms with Gasteiger partial charge >= 0.3 is 0 Å². The van der Waals surface area contributed by atoms with Gasteiger partial charge < -0.3 is 5.32 Å². The third kappa shape index (κ3) is 4.64. The Kier molecular flexibility index (Phi) is 7.04. The molecule has 0 unspecified atom stereocenters. The van der Waals surface area contributed by atoms with Crippen LogP contribution in [-0.2, 0) is 9.59 Å². The van der Waals surface area contributed by atoms with E-state index < -0.39 is 17.5 Å². The minimum Gasteiger partial charge on any atom is -0.362 e. The zero-order valence-electron chi connectivity index (χ0n) is 22.4. The molecule has 40 heavy (non-hydrogen) atoms. The highest BCUT2D eigenvalue weighted by Gasteiger charge is 2.46. The van der Waals surface area contributed by atoms with Crippen LogP contribution in [0, 0.1) is 0 Å². The number of hydrogen-bond acceptors (Lipinski definition) is 6. The van der Waals surface area contributed by atoms with Gasteiger partial charge in [0.25, 0.3) is 17.7 Å². The Morgan fingerprint density at radius 2 is 1.55 bits per heavy atom. The number of carbonyl (C=O) groups is 4. The average molecular weight is 560 g/mol. The average Bonchev–Trinajstić information content (AvgIpc) is 2.96. The quantitative estimate of drug-likeness (QED) is 0.414. The van der Waals surface area contributed by atoms with Gasteiger partial charge in [0.2, 0.25) is 11.0 Å². The number of nitrogens with one attached hydrogen (secondary N) is 2. The number of fused-ring (bicyclic) bond motifs is 1. The van der Waals surface area contributed by atoms with E-state index in [1.807, 2.05) is 29.2 Å². The summed E-state index contributed by atoms with van der Waals surface area (Å²) >= 11 is 5.52. The largest absolute Gasteiger partial charge is 0.362 e. The van der Waals surface area contributed by atoms with E-state index in [1.54, 1.807) is 24.3 Å². The molecule has 3 fully saturated rings. The van der Waals surface area contributed by atoms with E-state index in [4.69, 9.17) is 12.2 Å². The second-order valence-corrected chi connectivity index (χ2v) is 11.5. The summed E-state index contributed by atoms with van der Waals surface area (Å²) in [5.74, 6) is -1.43. The van der Waals surface area contributed by atoms with Crippen molar-refractivity contribution in [3.8, 4) is 0 Å². The predicted octanol–water partition coefficient (Wildman–Crippen LogP) is 4.74. The molecule has 6 rings (SSSR count). The number of thiocarbonyl (C=S) groups is 1. The van der Waals surface area contributed by atoms with Crippen molar-refractivity contribution in [2.24, 2.45) is 0 Å². The van der Waals surface area contributed by atoms with Crippen LogP contribution >= 0.6 is 12.2 Å². The molecule has 2 aliphatic carbocycles. The molecule has 9 nitrogen and oxygen atoms in total. The second kappa shape index (κ2) is 10.6. The highest BCUT2D eigenvalue weighted by molar-refractivity contribution is 7.80. The molecule has 208 valence electrons. The van der Waals surface area contributed by atoms with Gasteiger partial charge in [-0.05, 0) is 87.1 Å². The van der Waals surface area contributed by atoms with Crippen LogP contribution < -0.4 is 15.6 Å². The van der Waals surface area contributed by atoms with Gasteiger partial charge in [-0.25, -0.2) is 0 Å². The highest BCUT2D eigenvalue weighted by atomic mass is 32.1. The number of para-hydroxylation sites is 1. The van der Waals surface area contributed by atoms with Crippen molar-refractivity contribution in [3.05, 3.63) is 59.7 Å². The van der Waals surface area contributed by atoms with Crippen molar-refractivity contribution < 1.29 is 19.2 Å². The fraction of sp³-hybridized carbons (Fsp3) is 0.433. The Labute approximate surface area is 238 Å². The predicted molar refractivity (Wildman–Crippen MR) is 154 cm³/mol. The van der Waals surface area contributed by atoms with Crippen molar-refractivity contribution in [2.45, 2.75) is 82.3 Å². The molecule has 2 aromatic rings. The number of hydrazine groups is 1. The first kappa shape index (κ1) is 26.4. The molecular weight excluding hydrogens is 526 g/mol. The van der Waals surface area contributed by atoms with Crippen molar-refractivity contribution in [1.29, 1.82) is 0 Å². The summed E-state index contributed by atoms with van der Waals surface area (Å²) in [6.07, 6.45) is 9.30. The smallest absolute Gasteiger partial charge is 0.270 e. The van der Waals surface area contributed by atoms with Crippen LogP contribution in [0.4, 0.5) is 11.4 Å². The maximum Gasteiger partial charge on any atom is 0.270 e. The van der Waals surface area contributed by atoms with Crippen LogP contribution in [-0.4, -0.2) is 50.4 Å². The number of rotatable bonds is 4. The van der Waals surface area contributed by atoms with Crippen LogP contribution in [0.25, 0.3) is 0 Å². The Hall–Kier alpha value is -3.79. The summed E-state index contributed by atoms with van der Waals surface area (Å²) in [5, 5.41) is 4.73. The first-order valence-electron chi connectivity index (χ1n) is 14.2. The van der Waals surface area contributed by atoms with Crippen LogP contribution in [0.15, 0.2) is 48.5 Å². The lowest BCUT2D eigenvalue weighted by Gasteiger charge is -2.50. The molecule has 4 aliphatic rings. The van der Waals surface area contributed by atoms with Gasteiger partial charge in [-0.2, -0.15) is 5.01 Å². The van der Waals surface area contributed by atoms with Crippen LogP contribution in [0.5, 0.6) is 0 Å². The molecule has 10 heteroatoms. The second-order valence-electron chi connectivity index (χ2n) is 11.1. The number of hydrogen-bond donors (Lipinski definition) is 2. The Bertz CT molecular complexity index is 1360. The van der Waals surface area contributed by atoms with Gasteiger partial charge in [0.1, 0.15) is 12.1 Å².